The second kappa shape index (κ2) is 3.34. The van der Waals surface area contributed by atoms with E-state index in [1.165, 1.54) is 0 Å². The molecule has 0 unspecified atom stereocenters. The van der Waals surface area contributed by atoms with Gasteiger partial charge in [0.25, 0.3) is 0 Å². The molecule has 2 rings (SSSR count). The predicted molar refractivity (Wildman–Crippen MR) is 56.7 cm³/mol. The summed E-state index contributed by atoms with van der Waals surface area (Å²) in [4.78, 5) is 11.4. The van der Waals surface area contributed by atoms with E-state index in [4.69, 9.17) is 7.85 Å². The third kappa shape index (κ3) is 1.40. The molecule has 0 fully saturated rings. The average Bonchev–Trinajstić information content (AvgIpc) is 2.63. The molecule has 0 N–H and O–H groups in total. The molecule has 1 heterocycles. The summed E-state index contributed by atoms with van der Waals surface area (Å²) >= 11 is 1.64. The van der Waals surface area contributed by atoms with Gasteiger partial charge in [-0.15, -0.1) is 11.3 Å². The van der Waals surface area contributed by atoms with Gasteiger partial charge in [0.05, 0.1) is 7.85 Å². The number of thiophene rings is 1. The van der Waals surface area contributed by atoms with E-state index in [0.717, 1.165) is 15.6 Å². The van der Waals surface area contributed by atoms with Gasteiger partial charge in [0.15, 0.2) is 5.78 Å². The lowest BCUT2D eigenvalue weighted by atomic mass is 9.94. The van der Waals surface area contributed by atoms with Crippen LogP contribution in [0.25, 0.3) is 10.1 Å². The van der Waals surface area contributed by atoms with Crippen LogP contribution in [0.3, 0.4) is 0 Å². The van der Waals surface area contributed by atoms with E-state index < -0.39 is 0 Å². The van der Waals surface area contributed by atoms with Gasteiger partial charge in [-0.2, -0.15) is 0 Å². The van der Waals surface area contributed by atoms with Gasteiger partial charge >= 0.3 is 0 Å². The van der Waals surface area contributed by atoms with Crippen LogP contribution in [0.1, 0.15) is 10.4 Å². The molecule has 62 valence electrons. The lowest BCUT2D eigenvalue weighted by Crippen LogP contribution is -1.97. The minimum absolute atomic E-state index is 0.00370. The highest BCUT2D eigenvalue weighted by Gasteiger charge is 2.07. The van der Waals surface area contributed by atoms with Crippen LogP contribution < -0.4 is 0 Å². The summed E-state index contributed by atoms with van der Waals surface area (Å²) in [5.74, 6) is 0.00370. The van der Waals surface area contributed by atoms with Crippen molar-refractivity contribution < 1.29 is 4.79 Å². The molecule has 1 nitrogen and oxygen atoms in total. The number of hydrogen-bond donors (Lipinski definition) is 0. The molecule has 0 spiro atoms. The van der Waals surface area contributed by atoms with Crippen molar-refractivity contribution in [2.45, 2.75) is 6.32 Å². The summed E-state index contributed by atoms with van der Waals surface area (Å²) in [6.45, 7) is 0. The molecule has 0 aliphatic rings. The summed E-state index contributed by atoms with van der Waals surface area (Å²) < 4.78 is 1.14. The van der Waals surface area contributed by atoms with E-state index in [9.17, 15) is 4.79 Å². The van der Waals surface area contributed by atoms with E-state index in [1.807, 2.05) is 29.6 Å². The first-order chi connectivity index (χ1) is 6.33. The molecular formula is C10H7BOS. The van der Waals surface area contributed by atoms with E-state index in [0.29, 0.717) is 0 Å². The normalized spacial score (nSPS) is 10.5. The molecule has 0 amide bonds. The monoisotopic (exact) mass is 186 g/mol. The van der Waals surface area contributed by atoms with Crippen molar-refractivity contribution in [1.82, 2.24) is 0 Å². The van der Waals surface area contributed by atoms with Gasteiger partial charge in [-0.25, -0.2) is 0 Å². The number of rotatable bonds is 2. The van der Waals surface area contributed by atoms with Gasteiger partial charge in [-0.3, -0.25) is 4.79 Å². The first-order valence-corrected chi connectivity index (χ1v) is 4.90. The topological polar surface area (TPSA) is 17.1 Å². The van der Waals surface area contributed by atoms with Crippen LogP contribution in [0.4, 0.5) is 0 Å². The second-order valence-corrected chi connectivity index (χ2v) is 3.71. The lowest BCUT2D eigenvalue weighted by Gasteiger charge is -1.98. The van der Waals surface area contributed by atoms with Crippen LogP contribution in [-0.4, -0.2) is 13.6 Å². The Balaban J connectivity index is 2.67. The molecule has 1 aromatic heterocycles. The maximum Gasteiger partial charge on any atom is 0.155 e. The highest BCUT2D eigenvalue weighted by Crippen LogP contribution is 2.24. The van der Waals surface area contributed by atoms with Gasteiger partial charge in [-0.05, 0) is 23.8 Å². The first-order valence-electron chi connectivity index (χ1n) is 4.02. The first kappa shape index (κ1) is 8.51. The van der Waals surface area contributed by atoms with Crippen molar-refractivity contribution in [1.29, 1.82) is 0 Å². The van der Waals surface area contributed by atoms with E-state index in [-0.39, 0.29) is 12.1 Å². The van der Waals surface area contributed by atoms with Crippen LogP contribution in [-0.2, 0) is 0 Å². The Bertz CT molecular complexity index is 447. The smallest absolute Gasteiger partial charge is 0.155 e. The number of hydrogen-bond acceptors (Lipinski definition) is 2. The molecular weight excluding hydrogens is 179 g/mol. The summed E-state index contributed by atoms with van der Waals surface area (Å²) in [5.41, 5.74) is 0.737. The molecule has 13 heavy (non-hydrogen) atoms. The van der Waals surface area contributed by atoms with Crippen LogP contribution in [0.2, 0.25) is 6.32 Å². The van der Waals surface area contributed by atoms with Crippen molar-refractivity contribution in [3.63, 3.8) is 0 Å². The van der Waals surface area contributed by atoms with Gasteiger partial charge in [-0.1, -0.05) is 12.1 Å². The zero-order valence-electron chi connectivity index (χ0n) is 6.99. The van der Waals surface area contributed by atoms with Crippen molar-refractivity contribution in [2.75, 3.05) is 0 Å². The summed E-state index contributed by atoms with van der Waals surface area (Å²) in [5, 5.41) is 3.00. The maximum atomic E-state index is 11.4. The minimum atomic E-state index is 0.00370. The molecule has 2 aromatic rings. The molecule has 0 bridgehead atoms. The average molecular weight is 186 g/mol. The van der Waals surface area contributed by atoms with Gasteiger partial charge in [0.2, 0.25) is 0 Å². The molecule has 1 aromatic carbocycles. The minimum Gasteiger partial charge on any atom is -0.295 e. The van der Waals surface area contributed by atoms with Crippen LogP contribution in [0.15, 0.2) is 29.6 Å². The Kier molecular flexibility index (Phi) is 2.19. The van der Waals surface area contributed by atoms with Gasteiger partial charge < -0.3 is 0 Å². The number of Topliss-reactive ketones (excluding diaryl/α,β-unsaturated/α-hetero) is 1. The molecule has 0 saturated carbocycles. The summed E-state index contributed by atoms with van der Waals surface area (Å²) in [6.07, 6.45) is 0.0783. The fraction of sp³-hybridized carbons (Fsp3) is 0.100. The Hall–Kier alpha value is -1.09. The van der Waals surface area contributed by atoms with E-state index >= 15 is 0 Å². The van der Waals surface area contributed by atoms with E-state index in [2.05, 4.69) is 0 Å². The number of carbonyl (C=O) groups is 1. The molecule has 0 atom stereocenters. The largest absolute Gasteiger partial charge is 0.295 e. The van der Waals surface area contributed by atoms with Gasteiger partial charge in [0.1, 0.15) is 0 Å². The Morgan fingerprint density at radius 3 is 3.00 bits per heavy atom. The zero-order chi connectivity index (χ0) is 9.26. The standard InChI is InChI=1S/C10H7BOS/c11-6-9(12)7-2-1-3-10-8(7)4-5-13-10/h1-5H,6H2. The highest BCUT2D eigenvalue weighted by atomic mass is 32.1. The van der Waals surface area contributed by atoms with Crippen molar-refractivity contribution in [3.05, 3.63) is 35.2 Å². The maximum absolute atomic E-state index is 11.4. The fourth-order valence-corrected chi connectivity index (χ4v) is 2.16. The zero-order valence-corrected chi connectivity index (χ0v) is 7.80. The number of benzene rings is 1. The second-order valence-electron chi connectivity index (χ2n) is 2.77. The van der Waals surface area contributed by atoms with Crippen LogP contribution in [0, 0.1) is 0 Å². The molecule has 0 aliphatic carbocycles. The predicted octanol–water partition coefficient (Wildman–Crippen LogP) is 2.67. The SMILES string of the molecule is [B]CC(=O)c1cccc2sccc12. The third-order valence-corrected chi connectivity index (χ3v) is 2.86. The Morgan fingerprint density at radius 1 is 1.38 bits per heavy atom. The molecule has 0 aliphatic heterocycles. The van der Waals surface area contributed by atoms with Crippen LogP contribution >= 0.6 is 11.3 Å². The number of carbonyl (C=O) groups excluding carboxylic acids is 1. The number of ketones is 1. The summed E-state index contributed by atoms with van der Waals surface area (Å²) in [6, 6.07) is 7.68. The Labute approximate surface area is 81.8 Å². The summed E-state index contributed by atoms with van der Waals surface area (Å²) in [7, 11) is 5.32. The molecule has 2 radical (unpaired) electrons. The highest BCUT2D eigenvalue weighted by molar-refractivity contribution is 7.17. The third-order valence-electron chi connectivity index (χ3n) is 1.98. The van der Waals surface area contributed by atoms with Crippen LogP contribution in [0.5, 0.6) is 0 Å². The number of fused-ring (bicyclic) bond motifs is 1. The van der Waals surface area contributed by atoms with E-state index in [1.54, 1.807) is 11.3 Å². The lowest BCUT2D eigenvalue weighted by molar-refractivity contribution is 0.101. The quantitative estimate of drug-likeness (QED) is 0.520. The fourth-order valence-electron chi connectivity index (χ4n) is 1.35. The molecule has 3 heteroatoms. The van der Waals surface area contributed by atoms with Crippen molar-refractivity contribution in [2.24, 2.45) is 0 Å². The van der Waals surface area contributed by atoms with Crippen molar-refractivity contribution >= 4 is 35.1 Å². The van der Waals surface area contributed by atoms with Crippen molar-refractivity contribution in [3.8, 4) is 0 Å². The molecule has 0 saturated heterocycles. The Morgan fingerprint density at radius 2 is 2.23 bits per heavy atom. The van der Waals surface area contributed by atoms with Gasteiger partial charge in [0, 0.05) is 15.6 Å².